The highest BCUT2D eigenvalue weighted by atomic mass is 19.1. The maximum absolute atomic E-state index is 13.2. The largest absolute Gasteiger partial charge is 0.488 e. The van der Waals surface area contributed by atoms with Crippen LogP contribution >= 0.6 is 0 Å². The molecular formula is C15H11F2NO2. The first-order chi connectivity index (χ1) is 9.63. The number of aliphatic hydroxyl groups is 1. The van der Waals surface area contributed by atoms with E-state index in [1.165, 1.54) is 30.3 Å². The summed E-state index contributed by atoms with van der Waals surface area (Å²) in [5.74, 6) is -0.656. The molecule has 0 amide bonds. The average molecular weight is 275 g/mol. The lowest BCUT2D eigenvalue weighted by atomic mass is 10.1. The molecule has 2 aromatic carbocycles. The highest BCUT2D eigenvalue weighted by Crippen LogP contribution is 2.22. The lowest BCUT2D eigenvalue weighted by Gasteiger charge is -2.11. The Morgan fingerprint density at radius 3 is 2.35 bits per heavy atom. The fourth-order valence-corrected chi connectivity index (χ4v) is 1.76. The van der Waals surface area contributed by atoms with Gasteiger partial charge in [-0.25, -0.2) is 8.78 Å². The number of nitriles is 1. The zero-order valence-electron chi connectivity index (χ0n) is 10.4. The Kier molecular flexibility index (Phi) is 4.28. The van der Waals surface area contributed by atoms with Crippen LogP contribution in [0, 0.1) is 23.0 Å². The van der Waals surface area contributed by atoms with Gasteiger partial charge in [-0.2, -0.15) is 5.26 Å². The molecular weight excluding hydrogens is 264 g/mol. The van der Waals surface area contributed by atoms with Crippen molar-refractivity contribution in [1.82, 2.24) is 0 Å². The molecule has 0 unspecified atom stereocenters. The van der Waals surface area contributed by atoms with Crippen LogP contribution in [0.25, 0.3) is 0 Å². The van der Waals surface area contributed by atoms with Crippen molar-refractivity contribution >= 4 is 0 Å². The molecule has 2 rings (SSSR count). The van der Waals surface area contributed by atoms with Gasteiger partial charge < -0.3 is 9.84 Å². The van der Waals surface area contributed by atoms with Gasteiger partial charge in [0.25, 0.3) is 0 Å². The predicted octanol–water partition coefficient (Wildman–Crippen LogP) is 2.91. The van der Waals surface area contributed by atoms with E-state index in [2.05, 4.69) is 0 Å². The van der Waals surface area contributed by atoms with Crippen molar-refractivity contribution in [2.24, 2.45) is 0 Å². The first-order valence-electron chi connectivity index (χ1n) is 5.84. The van der Waals surface area contributed by atoms with E-state index in [1.54, 1.807) is 0 Å². The first-order valence-corrected chi connectivity index (χ1v) is 5.84. The van der Waals surface area contributed by atoms with E-state index in [4.69, 9.17) is 15.1 Å². The van der Waals surface area contributed by atoms with Crippen LogP contribution in [0.15, 0.2) is 36.4 Å². The van der Waals surface area contributed by atoms with Crippen LogP contribution in [0.2, 0.25) is 0 Å². The Balaban J connectivity index is 2.21. The standard InChI is InChI=1S/C15H11F2NO2/c16-13-2-1-10(7-18)12(6-13)9-20-15-4-3-14(17)5-11(15)8-19/h1-6,19H,8-9H2. The van der Waals surface area contributed by atoms with Crippen molar-refractivity contribution in [3.63, 3.8) is 0 Å². The third-order valence-electron chi connectivity index (χ3n) is 2.76. The van der Waals surface area contributed by atoms with Gasteiger partial charge in [0, 0.05) is 11.1 Å². The van der Waals surface area contributed by atoms with Crippen molar-refractivity contribution < 1.29 is 18.6 Å². The van der Waals surface area contributed by atoms with E-state index < -0.39 is 11.6 Å². The van der Waals surface area contributed by atoms with Crippen LogP contribution in [-0.4, -0.2) is 5.11 Å². The second kappa shape index (κ2) is 6.13. The van der Waals surface area contributed by atoms with Gasteiger partial charge >= 0.3 is 0 Å². The normalized spacial score (nSPS) is 10.1. The van der Waals surface area contributed by atoms with Crippen molar-refractivity contribution in [2.75, 3.05) is 0 Å². The topological polar surface area (TPSA) is 53.2 Å². The number of benzene rings is 2. The molecule has 0 aliphatic carbocycles. The summed E-state index contributed by atoms with van der Waals surface area (Å²) in [6, 6.07) is 9.45. The molecule has 0 bridgehead atoms. The number of hydrogen-bond donors (Lipinski definition) is 1. The number of ether oxygens (including phenoxy) is 1. The van der Waals surface area contributed by atoms with Gasteiger partial charge in [-0.05, 0) is 36.4 Å². The molecule has 0 fully saturated rings. The number of rotatable bonds is 4. The predicted molar refractivity (Wildman–Crippen MR) is 67.8 cm³/mol. The molecule has 3 nitrogen and oxygen atoms in total. The summed E-state index contributed by atoms with van der Waals surface area (Å²) in [5.41, 5.74) is 0.986. The van der Waals surface area contributed by atoms with Crippen LogP contribution in [0.3, 0.4) is 0 Å². The molecule has 0 spiro atoms. The summed E-state index contributed by atoms with van der Waals surface area (Å²) < 4.78 is 31.6. The number of halogens is 2. The number of nitrogens with zero attached hydrogens (tertiary/aromatic N) is 1. The number of aliphatic hydroxyl groups excluding tert-OH is 1. The van der Waals surface area contributed by atoms with Gasteiger partial charge in [0.2, 0.25) is 0 Å². The molecule has 0 saturated heterocycles. The van der Waals surface area contributed by atoms with Crippen molar-refractivity contribution in [3.8, 4) is 11.8 Å². The van der Waals surface area contributed by atoms with Gasteiger partial charge in [-0.1, -0.05) is 0 Å². The SMILES string of the molecule is N#Cc1ccc(F)cc1COc1ccc(F)cc1CO. The van der Waals surface area contributed by atoms with Gasteiger partial charge in [0.1, 0.15) is 24.0 Å². The third kappa shape index (κ3) is 3.11. The average Bonchev–Trinajstić information content (AvgIpc) is 2.46. The Morgan fingerprint density at radius 2 is 1.70 bits per heavy atom. The van der Waals surface area contributed by atoms with Gasteiger partial charge in [-0.3, -0.25) is 0 Å². The second-order valence-corrected chi connectivity index (χ2v) is 4.11. The summed E-state index contributed by atoms with van der Waals surface area (Å²) in [7, 11) is 0. The Hall–Kier alpha value is -2.45. The van der Waals surface area contributed by atoms with Gasteiger partial charge in [0.05, 0.1) is 18.2 Å². The molecule has 1 N–H and O–H groups in total. The van der Waals surface area contributed by atoms with Crippen molar-refractivity contribution in [1.29, 1.82) is 5.26 Å². The van der Waals surface area contributed by atoms with E-state index in [9.17, 15) is 8.78 Å². The maximum Gasteiger partial charge on any atom is 0.125 e. The Bertz CT molecular complexity index is 665. The molecule has 0 aliphatic heterocycles. The minimum Gasteiger partial charge on any atom is -0.488 e. The van der Waals surface area contributed by atoms with E-state index in [1.807, 2.05) is 6.07 Å². The molecule has 20 heavy (non-hydrogen) atoms. The van der Waals surface area contributed by atoms with Crippen LogP contribution in [-0.2, 0) is 13.2 Å². The van der Waals surface area contributed by atoms with Crippen LogP contribution in [0.4, 0.5) is 8.78 Å². The molecule has 0 heterocycles. The Morgan fingerprint density at radius 1 is 1.05 bits per heavy atom. The highest BCUT2D eigenvalue weighted by Gasteiger charge is 2.08. The molecule has 0 aliphatic rings. The van der Waals surface area contributed by atoms with Crippen LogP contribution in [0.5, 0.6) is 5.75 Å². The lowest BCUT2D eigenvalue weighted by molar-refractivity contribution is 0.258. The number of hydrogen-bond acceptors (Lipinski definition) is 3. The van der Waals surface area contributed by atoms with Gasteiger partial charge in [0.15, 0.2) is 0 Å². The van der Waals surface area contributed by atoms with E-state index >= 15 is 0 Å². The molecule has 0 aromatic heterocycles. The summed E-state index contributed by atoms with van der Waals surface area (Å²) >= 11 is 0. The molecule has 5 heteroatoms. The fraction of sp³-hybridized carbons (Fsp3) is 0.133. The molecule has 2 aromatic rings. The monoisotopic (exact) mass is 275 g/mol. The third-order valence-corrected chi connectivity index (χ3v) is 2.76. The molecule has 0 saturated carbocycles. The second-order valence-electron chi connectivity index (χ2n) is 4.11. The summed E-state index contributed by atoms with van der Waals surface area (Å²) in [6.07, 6.45) is 0. The lowest BCUT2D eigenvalue weighted by Crippen LogP contribution is -2.02. The van der Waals surface area contributed by atoms with Crippen LogP contribution in [0.1, 0.15) is 16.7 Å². The molecule has 0 radical (unpaired) electrons. The van der Waals surface area contributed by atoms with Crippen molar-refractivity contribution in [3.05, 3.63) is 64.7 Å². The smallest absolute Gasteiger partial charge is 0.125 e. The van der Waals surface area contributed by atoms with E-state index in [0.29, 0.717) is 22.4 Å². The maximum atomic E-state index is 13.2. The minimum atomic E-state index is -0.482. The quantitative estimate of drug-likeness (QED) is 0.933. The zero-order chi connectivity index (χ0) is 14.5. The highest BCUT2D eigenvalue weighted by molar-refractivity contribution is 5.38. The summed E-state index contributed by atoms with van der Waals surface area (Å²) in [5, 5.41) is 18.1. The first kappa shape index (κ1) is 14.0. The van der Waals surface area contributed by atoms with Crippen LogP contribution < -0.4 is 4.74 Å². The van der Waals surface area contributed by atoms with Gasteiger partial charge in [-0.15, -0.1) is 0 Å². The minimum absolute atomic E-state index is 0.0424. The molecule has 102 valence electrons. The Labute approximate surface area is 114 Å². The zero-order valence-corrected chi connectivity index (χ0v) is 10.4. The summed E-state index contributed by atoms with van der Waals surface area (Å²) in [6.45, 7) is -0.416. The molecule has 0 atom stereocenters. The van der Waals surface area contributed by atoms with E-state index in [-0.39, 0.29) is 13.2 Å². The fourth-order valence-electron chi connectivity index (χ4n) is 1.76. The summed E-state index contributed by atoms with van der Waals surface area (Å²) in [4.78, 5) is 0. The van der Waals surface area contributed by atoms with E-state index in [0.717, 1.165) is 6.07 Å². The van der Waals surface area contributed by atoms with Crippen molar-refractivity contribution in [2.45, 2.75) is 13.2 Å².